The van der Waals surface area contributed by atoms with Gasteiger partial charge in [0.15, 0.2) is 0 Å². The van der Waals surface area contributed by atoms with Gasteiger partial charge in [-0.25, -0.2) is 0 Å². The predicted octanol–water partition coefficient (Wildman–Crippen LogP) is 4.75. The Bertz CT molecular complexity index is 772. The van der Waals surface area contributed by atoms with Crippen molar-refractivity contribution in [2.75, 3.05) is 26.2 Å². The van der Waals surface area contributed by atoms with Gasteiger partial charge in [0.1, 0.15) is 11.5 Å². The molecule has 162 valence electrons. The third-order valence-electron chi connectivity index (χ3n) is 4.78. The summed E-state index contributed by atoms with van der Waals surface area (Å²) in [6, 6.07) is 9.81. The van der Waals surface area contributed by atoms with Gasteiger partial charge in [-0.15, -0.1) is 38.0 Å². The lowest BCUT2D eigenvalue weighted by atomic mass is 9.93. The molecule has 0 amide bonds. The van der Waals surface area contributed by atoms with Gasteiger partial charge in [0.25, 0.3) is 0 Å². The molecule has 1 atom stereocenters. The fraction of sp³-hybridized carbons (Fsp3) is 0.400. The molecule has 0 unspecified atom stereocenters. The van der Waals surface area contributed by atoms with Crippen LogP contribution in [0.3, 0.4) is 0 Å². The summed E-state index contributed by atoms with van der Waals surface area (Å²) in [5.74, 6) is 0.0371. The van der Waals surface area contributed by atoms with Crippen LogP contribution in [-0.2, 0) is 0 Å². The number of halogens is 5. The van der Waals surface area contributed by atoms with Gasteiger partial charge in [0, 0.05) is 26.2 Å². The number of nitrogens with one attached hydrogen (secondary N) is 1. The normalized spacial score (nSPS) is 15.8. The highest BCUT2D eigenvalue weighted by molar-refractivity contribution is 5.85. The van der Waals surface area contributed by atoms with Gasteiger partial charge in [-0.3, -0.25) is 4.90 Å². The minimum atomic E-state index is -4.70. The number of benzene rings is 2. The Labute approximate surface area is 180 Å². The fourth-order valence-electron chi connectivity index (χ4n) is 3.55. The van der Waals surface area contributed by atoms with Crippen LogP contribution in [0.5, 0.6) is 11.5 Å². The largest absolute Gasteiger partial charge is 0.573 e. The van der Waals surface area contributed by atoms with E-state index in [4.69, 9.17) is 0 Å². The first-order valence-electron chi connectivity index (χ1n) is 8.85. The lowest BCUT2D eigenvalue weighted by Gasteiger charge is -2.36. The molecule has 29 heavy (non-hydrogen) atoms. The summed E-state index contributed by atoms with van der Waals surface area (Å²) in [4.78, 5) is 2.29. The molecule has 1 saturated heterocycles. The van der Waals surface area contributed by atoms with Gasteiger partial charge in [0.05, 0.1) is 6.04 Å². The standard InChI is InChI=1S/C20H23F3N2O2.2ClH/c1-13-11-16(12-14(2)19(13)26)18(25-9-7-24-8-10-25)15-3-5-17(6-4-15)27-20(21,22)23;;/h3-6,11-12,18,24,26H,7-10H2,1-2H3;2*1H/t18-;;/m1../s1. The van der Waals surface area contributed by atoms with Crippen LogP contribution in [0.4, 0.5) is 13.2 Å². The average Bonchev–Trinajstić information content (AvgIpc) is 2.61. The first-order chi connectivity index (χ1) is 12.7. The number of ether oxygens (including phenoxy) is 1. The molecule has 1 aliphatic heterocycles. The van der Waals surface area contributed by atoms with Crippen LogP contribution in [0.15, 0.2) is 36.4 Å². The number of hydrogen-bond acceptors (Lipinski definition) is 4. The Morgan fingerprint density at radius 2 is 1.48 bits per heavy atom. The fourth-order valence-corrected chi connectivity index (χ4v) is 3.55. The molecule has 1 heterocycles. The number of nitrogens with zero attached hydrogens (tertiary/aromatic N) is 1. The van der Waals surface area contributed by atoms with Gasteiger partial charge in [0.2, 0.25) is 0 Å². The second-order valence-electron chi connectivity index (χ2n) is 6.81. The maximum absolute atomic E-state index is 12.4. The second kappa shape index (κ2) is 10.4. The number of alkyl halides is 3. The third kappa shape index (κ3) is 6.40. The number of aromatic hydroxyl groups is 1. The Balaban J connectivity index is 0.00000210. The summed E-state index contributed by atoms with van der Waals surface area (Å²) in [6.07, 6.45) is -4.70. The molecule has 2 aromatic carbocycles. The molecule has 9 heteroatoms. The van der Waals surface area contributed by atoms with Gasteiger partial charge in [-0.2, -0.15) is 0 Å². The number of aryl methyl sites for hydroxylation is 2. The van der Waals surface area contributed by atoms with Crippen molar-refractivity contribution < 1.29 is 23.0 Å². The summed E-state index contributed by atoms with van der Waals surface area (Å²) >= 11 is 0. The van der Waals surface area contributed by atoms with E-state index in [1.54, 1.807) is 12.1 Å². The molecule has 0 bridgehead atoms. The Morgan fingerprint density at radius 1 is 0.966 bits per heavy atom. The van der Waals surface area contributed by atoms with E-state index >= 15 is 0 Å². The molecule has 2 aromatic rings. The van der Waals surface area contributed by atoms with E-state index in [1.807, 2.05) is 26.0 Å². The van der Waals surface area contributed by atoms with Gasteiger partial charge >= 0.3 is 6.36 Å². The van der Waals surface area contributed by atoms with Crippen LogP contribution in [-0.4, -0.2) is 42.5 Å². The lowest BCUT2D eigenvalue weighted by molar-refractivity contribution is -0.274. The van der Waals surface area contributed by atoms with E-state index in [2.05, 4.69) is 15.0 Å². The molecule has 0 spiro atoms. The maximum Gasteiger partial charge on any atom is 0.573 e. The molecular weight excluding hydrogens is 428 g/mol. The molecule has 0 aliphatic carbocycles. The molecule has 0 saturated carbocycles. The quantitative estimate of drug-likeness (QED) is 0.702. The molecule has 2 N–H and O–H groups in total. The molecule has 3 rings (SSSR count). The number of hydrogen-bond donors (Lipinski definition) is 2. The van der Waals surface area contributed by atoms with Gasteiger partial charge in [-0.1, -0.05) is 24.3 Å². The molecule has 4 nitrogen and oxygen atoms in total. The van der Waals surface area contributed by atoms with Crippen molar-refractivity contribution in [3.8, 4) is 11.5 Å². The van der Waals surface area contributed by atoms with Crippen molar-refractivity contribution in [2.45, 2.75) is 26.3 Å². The van der Waals surface area contributed by atoms with Crippen molar-refractivity contribution in [2.24, 2.45) is 0 Å². The Kier molecular flexibility index (Phi) is 9.09. The van der Waals surface area contributed by atoms with E-state index < -0.39 is 6.36 Å². The minimum Gasteiger partial charge on any atom is -0.507 e. The lowest BCUT2D eigenvalue weighted by Crippen LogP contribution is -2.45. The van der Waals surface area contributed by atoms with Gasteiger partial charge < -0.3 is 15.2 Å². The van der Waals surface area contributed by atoms with Crippen molar-refractivity contribution in [1.82, 2.24) is 10.2 Å². The average molecular weight is 453 g/mol. The maximum atomic E-state index is 12.4. The molecular formula is C20H25Cl2F3N2O2. The topological polar surface area (TPSA) is 44.7 Å². The Morgan fingerprint density at radius 3 is 1.97 bits per heavy atom. The number of phenols is 1. The number of piperazine rings is 1. The van der Waals surface area contributed by atoms with E-state index in [1.165, 1.54) is 12.1 Å². The van der Waals surface area contributed by atoms with E-state index in [-0.39, 0.29) is 42.4 Å². The third-order valence-corrected chi connectivity index (χ3v) is 4.78. The molecule has 0 radical (unpaired) electrons. The molecule has 1 aliphatic rings. The summed E-state index contributed by atoms with van der Waals surface area (Å²) in [5.41, 5.74) is 3.45. The predicted molar refractivity (Wildman–Crippen MR) is 111 cm³/mol. The van der Waals surface area contributed by atoms with Crippen molar-refractivity contribution in [1.29, 1.82) is 0 Å². The van der Waals surface area contributed by atoms with E-state index in [0.29, 0.717) is 0 Å². The summed E-state index contributed by atoms with van der Waals surface area (Å²) < 4.78 is 41.3. The van der Waals surface area contributed by atoms with Crippen LogP contribution in [0.2, 0.25) is 0 Å². The Hall–Kier alpha value is -1.67. The highest BCUT2D eigenvalue weighted by atomic mass is 35.5. The van der Waals surface area contributed by atoms with Crippen LogP contribution in [0.1, 0.15) is 28.3 Å². The summed E-state index contributed by atoms with van der Waals surface area (Å²) in [7, 11) is 0. The number of rotatable bonds is 4. The summed E-state index contributed by atoms with van der Waals surface area (Å²) in [5, 5.41) is 13.4. The zero-order chi connectivity index (χ0) is 19.6. The van der Waals surface area contributed by atoms with Crippen LogP contribution < -0.4 is 10.1 Å². The van der Waals surface area contributed by atoms with Crippen molar-refractivity contribution >= 4 is 24.8 Å². The first-order valence-corrected chi connectivity index (χ1v) is 8.85. The minimum absolute atomic E-state index is 0. The monoisotopic (exact) mass is 452 g/mol. The van der Waals surface area contributed by atoms with Crippen LogP contribution in [0, 0.1) is 13.8 Å². The van der Waals surface area contributed by atoms with E-state index in [0.717, 1.165) is 48.4 Å². The zero-order valence-electron chi connectivity index (χ0n) is 16.1. The molecule has 0 aromatic heterocycles. The summed E-state index contributed by atoms with van der Waals surface area (Å²) in [6.45, 7) is 7.04. The number of phenolic OH excluding ortho intramolecular Hbond substituents is 1. The first kappa shape index (κ1) is 25.4. The van der Waals surface area contributed by atoms with Crippen LogP contribution >= 0.6 is 24.8 Å². The smallest absolute Gasteiger partial charge is 0.507 e. The second-order valence-corrected chi connectivity index (χ2v) is 6.81. The van der Waals surface area contributed by atoms with Gasteiger partial charge in [-0.05, 0) is 48.2 Å². The zero-order valence-corrected chi connectivity index (χ0v) is 17.8. The highest BCUT2D eigenvalue weighted by Crippen LogP contribution is 2.34. The molecule has 1 fully saturated rings. The van der Waals surface area contributed by atoms with Crippen molar-refractivity contribution in [3.05, 3.63) is 58.7 Å². The highest BCUT2D eigenvalue weighted by Gasteiger charge is 2.31. The van der Waals surface area contributed by atoms with Crippen molar-refractivity contribution in [3.63, 3.8) is 0 Å². The van der Waals surface area contributed by atoms with E-state index in [9.17, 15) is 18.3 Å². The SMILES string of the molecule is Cc1cc([C@@H](c2ccc(OC(F)(F)F)cc2)N2CCNCC2)cc(C)c1O.Cl.Cl. The van der Waals surface area contributed by atoms with Crippen LogP contribution in [0.25, 0.3) is 0 Å².